The third-order valence-corrected chi connectivity index (χ3v) is 4.64. The van der Waals surface area contributed by atoms with Gasteiger partial charge in [-0.3, -0.25) is 9.59 Å². The second kappa shape index (κ2) is 7.25. The molecule has 0 aromatic heterocycles. The van der Waals surface area contributed by atoms with E-state index in [1.54, 1.807) is 60.7 Å². The van der Waals surface area contributed by atoms with Gasteiger partial charge in [0, 0.05) is 21.2 Å². The maximum Gasteiger partial charge on any atom is 0.255 e. The fourth-order valence-corrected chi connectivity index (χ4v) is 3.15. The molecule has 0 saturated carbocycles. The van der Waals surface area contributed by atoms with Crippen molar-refractivity contribution in [1.29, 1.82) is 0 Å². The molecule has 0 atom stereocenters. The average molecular weight is 424 g/mol. The Hall–Kier alpha value is -3.12. The zero-order chi connectivity index (χ0) is 18.8. The lowest BCUT2D eigenvalue weighted by Gasteiger charge is -2.12. The van der Waals surface area contributed by atoms with Crippen LogP contribution in [0.25, 0.3) is 0 Å². The normalized spacial score (nSPS) is 11.9. The molecule has 4 rings (SSSR count). The number of benzene rings is 3. The molecule has 27 heavy (non-hydrogen) atoms. The van der Waals surface area contributed by atoms with Gasteiger partial charge >= 0.3 is 0 Å². The number of ketones is 1. The highest BCUT2D eigenvalue weighted by Gasteiger charge is 2.19. The highest BCUT2D eigenvalue weighted by molar-refractivity contribution is 9.10. The van der Waals surface area contributed by atoms with E-state index in [1.165, 1.54) is 0 Å². The van der Waals surface area contributed by atoms with E-state index in [0.717, 1.165) is 4.47 Å². The fraction of sp³-hybridized carbons (Fsp3) is 0.0476. The van der Waals surface area contributed by atoms with Gasteiger partial charge in [0.15, 0.2) is 17.3 Å². The van der Waals surface area contributed by atoms with Crippen molar-refractivity contribution in [2.45, 2.75) is 0 Å². The maximum atomic E-state index is 12.9. The zero-order valence-corrected chi connectivity index (χ0v) is 15.7. The number of carbonyl (C=O) groups is 2. The maximum absolute atomic E-state index is 12.9. The monoisotopic (exact) mass is 423 g/mol. The minimum absolute atomic E-state index is 0.142. The summed E-state index contributed by atoms with van der Waals surface area (Å²) in [7, 11) is 0. The van der Waals surface area contributed by atoms with Crippen LogP contribution in [0.1, 0.15) is 26.3 Å². The molecule has 1 amide bonds. The largest absolute Gasteiger partial charge is 0.454 e. The predicted octanol–water partition coefficient (Wildman–Crippen LogP) is 4.66. The van der Waals surface area contributed by atoms with Crippen LogP contribution in [0.15, 0.2) is 71.2 Å². The second-order valence-corrected chi connectivity index (χ2v) is 6.82. The summed E-state index contributed by atoms with van der Waals surface area (Å²) in [4.78, 5) is 25.6. The van der Waals surface area contributed by atoms with Gasteiger partial charge < -0.3 is 14.8 Å². The summed E-state index contributed by atoms with van der Waals surface area (Å²) in [6, 6.07) is 19.1. The first-order valence-electron chi connectivity index (χ1n) is 8.22. The zero-order valence-electron chi connectivity index (χ0n) is 14.1. The molecule has 5 nitrogen and oxygen atoms in total. The van der Waals surface area contributed by atoms with E-state index in [4.69, 9.17) is 9.47 Å². The molecule has 1 heterocycles. The van der Waals surface area contributed by atoms with Crippen molar-refractivity contribution in [3.05, 3.63) is 87.9 Å². The third kappa shape index (κ3) is 3.57. The first-order chi connectivity index (χ1) is 13.1. The number of ether oxygens (including phenoxy) is 2. The molecule has 0 saturated heterocycles. The number of amides is 1. The summed E-state index contributed by atoms with van der Waals surface area (Å²) in [6.45, 7) is 0.142. The van der Waals surface area contributed by atoms with Crippen molar-refractivity contribution in [2.75, 3.05) is 12.1 Å². The quantitative estimate of drug-likeness (QED) is 0.619. The van der Waals surface area contributed by atoms with Crippen LogP contribution in [0.2, 0.25) is 0 Å². The molecule has 1 N–H and O–H groups in total. The van der Waals surface area contributed by atoms with E-state index in [9.17, 15) is 9.59 Å². The number of hydrogen-bond acceptors (Lipinski definition) is 4. The summed E-state index contributed by atoms with van der Waals surface area (Å²) in [5.41, 5.74) is 1.81. The van der Waals surface area contributed by atoms with Crippen LogP contribution in [0.3, 0.4) is 0 Å². The number of hydrogen-bond donors (Lipinski definition) is 1. The Morgan fingerprint density at radius 2 is 1.63 bits per heavy atom. The molecule has 1 aliphatic heterocycles. The Morgan fingerprint density at radius 1 is 0.852 bits per heavy atom. The van der Waals surface area contributed by atoms with Crippen molar-refractivity contribution < 1.29 is 19.1 Å². The molecule has 134 valence electrons. The van der Waals surface area contributed by atoms with Crippen molar-refractivity contribution in [2.24, 2.45) is 0 Å². The van der Waals surface area contributed by atoms with Gasteiger partial charge in [0.05, 0.1) is 5.69 Å². The Balaban J connectivity index is 1.64. The van der Waals surface area contributed by atoms with E-state index >= 15 is 0 Å². The Morgan fingerprint density at radius 3 is 2.44 bits per heavy atom. The standard InChI is InChI=1S/C21H14BrNO4/c22-15-7-8-17(16(11-15)20(24)13-4-2-1-3-5-13)23-21(25)14-6-9-18-19(10-14)27-12-26-18/h1-11H,12H2,(H,23,25). The minimum Gasteiger partial charge on any atom is -0.454 e. The van der Waals surface area contributed by atoms with Crippen LogP contribution >= 0.6 is 15.9 Å². The summed E-state index contributed by atoms with van der Waals surface area (Å²) < 4.78 is 11.3. The molecule has 3 aromatic rings. The summed E-state index contributed by atoms with van der Waals surface area (Å²) >= 11 is 3.39. The molecule has 6 heteroatoms. The number of halogens is 1. The van der Waals surface area contributed by atoms with Crippen molar-refractivity contribution >= 4 is 33.3 Å². The lowest BCUT2D eigenvalue weighted by atomic mass is 10.0. The molecule has 0 unspecified atom stereocenters. The lowest BCUT2D eigenvalue weighted by molar-refractivity contribution is 0.102. The van der Waals surface area contributed by atoms with Crippen LogP contribution in [-0.4, -0.2) is 18.5 Å². The van der Waals surface area contributed by atoms with Gasteiger partial charge in [-0.15, -0.1) is 0 Å². The second-order valence-electron chi connectivity index (χ2n) is 5.91. The molecule has 0 aliphatic carbocycles. The Kier molecular flexibility index (Phi) is 4.64. The van der Waals surface area contributed by atoms with Gasteiger partial charge in [-0.05, 0) is 36.4 Å². The van der Waals surface area contributed by atoms with Crippen LogP contribution < -0.4 is 14.8 Å². The van der Waals surface area contributed by atoms with E-state index in [-0.39, 0.29) is 18.5 Å². The third-order valence-electron chi connectivity index (χ3n) is 4.15. The van der Waals surface area contributed by atoms with Crippen LogP contribution in [-0.2, 0) is 0 Å². The van der Waals surface area contributed by atoms with Gasteiger partial charge in [-0.2, -0.15) is 0 Å². The first kappa shape index (κ1) is 17.3. The molecule has 3 aromatic carbocycles. The van der Waals surface area contributed by atoms with E-state index < -0.39 is 0 Å². The van der Waals surface area contributed by atoms with Crippen LogP contribution in [0.5, 0.6) is 11.5 Å². The average Bonchev–Trinajstić information content (AvgIpc) is 3.17. The number of carbonyl (C=O) groups excluding carboxylic acids is 2. The summed E-state index contributed by atoms with van der Waals surface area (Å²) in [5, 5.41) is 2.82. The van der Waals surface area contributed by atoms with Gasteiger partial charge in [0.25, 0.3) is 5.91 Å². The molecule has 0 fully saturated rings. The van der Waals surface area contributed by atoms with E-state index in [1.807, 2.05) is 6.07 Å². The topological polar surface area (TPSA) is 64.6 Å². The van der Waals surface area contributed by atoms with Crippen LogP contribution in [0, 0.1) is 0 Å². The van der Waals surface area contributed by atoms with Gasteiger partial charge in [-0.1, -0.05) is 46.3 Å². The highest BCUT2D eigenvalue weighted by atomic mass is 79.9. The number of nitrogens with one attached hydrogen (secondary N) is 1. The summed E-state index contributed by atoms with van der Waals surface area (Å²) in [5.74, 6) is 0.629. The number of fused-ring (bicyclic) bond motifs is 1. The van der Waals surface area contributed by atoms with Gasteiger partial charge in [0.2, 0.25) is 6.79 Å². The molecule has 0 radical (unpaired) electrons. The van der Waals surface area contributed by atoms with Crippen molar-refractivity contribution in [1.82, 2.24) is 0 Å². The Labute approximate surface area is 164 Å². The first-order valence-corrected chi connectivity index (χ1v) is 9.01. The molecular weight excluding hydrogens is 410 g/mol. The molecule has 0 bridgehead atoms. The lowest BCUT2D eigenvalue weighted by Crippen LogP contribution is -2.15. The number of anilines is 1. The SMILES string of the molecule is O=C(Nc1ccc(Br)cc1C(=O)c1ccccc1)c1ccc2c(c1)OCO2. The van der Waals surface area contributed by atoms with E-state index in [2.05, 4.69) is 21.2 Å². The molecule has 1 aliphatic rings. The fourth-order valence-electron chi connectivity index (χ4n) is 2.79. The van der Waals surface area contributed by atoms with Crippen molar-refractivity contribution in [3.8, 4) is 11.5 Å². The van der Waals surface area contributed by atoms with Crippen LogP contribution in [0.4, 0.5) is 5.69 Å². The molecular formula is C21H14BrNO4. The molecule has 0 spiro atoms. The Bertz CT molecular complexity index is 1030. The van der Waals surface area contributed by atoms with E-state index in [0.29, 0.717) is 33.9 Å². The smallest absolute Gasteiger partial charge is 0.255 e. The predicted molar refractivity (Wildman–Crippen MR) is 105 cm³/mol. The van der Waals surface area contributed by atoms with Crippen molar-refractivity contribution in [3.63, 3.8) is 0 Å². The highest BCUT2D eigenvalue weighted by Crippen LogP contribution is 2.33. The van der Waals surface area contributed by atoms with Gasteiger partial charge in [0.1, 0.15) is 0 Å². The summed E-state index contributed by atoms with van der Waals surface area (Å²) in [6.07, 6.45) is 0. The van der Waals surface area contributed by atoms with Gasteiger partial charge in [-0.25, -0.2) is 0 Å². The number of rotatable bonds is 4. The minimum atomic E-state index is -0.335.